The number of benzene rings is 1. The molecule has 1 aromatic carbocycles. The molecule has 0 spiro atoms. The number of nitrogens with one attached hydrogen (secondary N) is 1. The molecule has 0 radical (unpaired) electrons. The van der Waals surface area contributed by atoms with Crippen molar-refractivity contribution >= 4 is 12.2 Å². The molecule has 0 aliphatic carbocycles. The number of carbonyl (C=O) groups is 1. The van der Waals surface area contributed by atoms with Gasteiger partial charge in [-0.2, -0.15) is 0 Å². The summed E-state index contributed by atoms with van der Waals surface area (Å²) < 4.78 is 5.00. The van der Waals surface area contributed by atoms with E-state index < -0.39 is 0 Å². The van der Waals surface area contributed by atoms with Crippen molar-refractivity contribution in [3.8, 4) is 0 Å². The van der Waals surface area contributed by atoms with Crippen LogP contribution in [-0.2, 0) is 21.0 Å². The molecule has 5 nitrogen and oxygen atoms in total. The maximum atomic E-state index is 11.6. The van der Waals surface area contributed by atoms with Gasteiger partial charge in [0.2, 0.25) is 0 Å². The molecule has 5 heteroatoms. The van der Waals surface area contributed by atoms with Gasteiger partial charge in [0.15, 0.2) is 0 Å². The highest BCUT2D eigenvalue weighted by molar-refractivity contribution is 5.76. The van der Waals surface area contributed by atoms with E-state index in [-0.39, 0.29) is 12.0 Å². The lowest BCUT2D eigenvalue weighted by Crippen LogP contribution is -2.45. The van der Waals surface area contributed by atoms with Crippen LogP contribution in [0.25, 0.3) is 0 Å². The summed E-state index contributed by atoms with van der Waals surface area (Å²) >= 11 is 0. The van der Waals surface area contributed by atoms with Crippen molar-refractivity contribution in [1.29, 1.82) is 0 Å². The zero-order chi connectivity index (χ0) is 14.9. The molecule has 1 fully saturated rings. The van der Waals surface area contributed by atoms with Gasteiger partial charge in [-0.1, -0.05) is 35.5 Å². The number of ether oxygens (including phenoxy) is 1. The van der Waals surface area contributed by atoms with E-state index in [1.165, 1.54) is 0 Å². The standard InChI is InChI=1S/C16H22N2O3/c1-2-20-16(19)15-9-8-14(10-17-15)11-18-21-12-13-6-4-3-5-7-13/h3-7,11,14-15,17H,2,8-10,12H2,1H3/t14?,15-/m1/s1. The van der Waals surface area contributed by atoms with Crippen LogP contribution in [0.1, 0.15) is 25.3 Å². The Hall–Kier alpha value is -1.88. The first-order chi connectivity index (χ1) is 10.3. The molecule has 1 aromatic rings. The van der Waals surface area contributed by atoms with E-state index in [9.17, 15) is 4.79 Å². The minimum Gasteiger partial charge on any atom is -0.465 e. The van der Waals surface area contributed by atoms with Gasteiger partial charge >= 0.3 is 5.97 Å². The first kappa shape index (κ1) is 15.5. The highest BCUT2D eigenvalue weighted by Crippen LogP contribution is 2.14. The number of rotatable bonds is 6. The Labute approximate surface area is 125 Å². The Balaban J connectivity index is 1.66. The fraction of sp³-hybridized carbons (Fsp3) is 0.500. The second-order valence-electron chi connectivity index (χ2n) is 5.06. The van der Waals surface area contributed by atoms with Crippen LogP contribution in [0, 0.1) is 5.92 Å². The topological polar surface area (TPSA) is 59.9 Å². The monoisotopic (exact) mass is 290 g/mol. The number of nitrogens with zero attached hydrogens (tertiary/aromatic N) is 1. The van der Waals surface area contributed by atoms with E-state index in [1.807, 2.05) is 43.5 Å². The van der Waals surface area contributed by atoms with Crippen molar-refractivity contribution in [2.75, 3.05) is 13.2 Å². The average Bonchev–Trinajstić information content (AvgIpc) is 2.53. The van der Waals surface area contributed by atoms with Crippen molar-refractivity contribution in [3.05, 3.63) is 35.9 Å². The minimum atomic E-state index is -0.181. The van der Waals surface area contributed by atoms with Crippen molar-refractivity contribution in [2.45, 2.75) is 32.4 Å². The van der Waals surface area contributed by atoms with Gasteiger partial charge in [0.25, 0.3) is 0 Å². The Kier molecular flexibility index (Phi) is 6.22. The maximum Gasteiger partial charge on any atom is 0.323 e. The molecule has 1 saturated heterocycles. The molecule has 0 bridgehead atoms. The molecular formula is C16H22N2O3. The molecule has 1 unspecified atom stereocenters. The summed E-state index contributed by atoms with van der Waals surface area (Å²) in [6, 6.07) is 9.75. The highest BCUT2D eigenvalue weighted by atomic mass is 16.6. The lowest BCUT2D eigenvalue weighted by atomic mass is 9.96. The molecular weight excluding hydrogens is 268 g/mol. The van der Waals surface area contributed by atoms with Crippen LogP contribution in [0.5, 0.6) is 0 Å². The van der Waals surface area contributed by atoms with Crippen molar-refractivity contribution < 1.29 is 14.4 Å². The van der Waals surface area contributed by atoms with Crippen LogP contribution in [0.3, 0.4) is 0 Å². The fourth-order valence-corrected chi connectivity index (χ4v) is 2.26. The van der Waals surface area contributed by atoms with Gasteiger partial charge in [0.05, 0.1) is 6.61 Å². The van der Waals surface area contributed by atoms with Crippen LogP contribution < -0.4 is 5.32 Å². The molecule has 1 heterocycles. The third kappa shape index (κ3) is 5.19. The Bertz CT molecular complexity index is 454. The summed E-state index contributed by atoms with van der Waals surface area (Å²) in [5.41, 5.74) is 1.10. The van der Waals surface area contributed by atoms with E-state index in [0.717, 1.165) is 24.9 Å². The molecule has 1 N–H and O–H groups in total. The lowest BCUT2D eigenvalue weighted by molar-refractivity contribution is -0.146. The average molecular weight is 290 g/mol. The molecule has 0 amide bonds. The molecule has 21 heavy (non-hydrogen) atoms. The largest absolute Gasteiger partial charge is 0.465 e. The van der Waals surface area contributed by atoms with E-state index >= 15 is 0 Å². The summed E-state index contributed by atoms with van der Waals surface area (Å²) in [4.78, 5) is 16.9. The van der Waals surface area contributed by atoms with E-state index in [4.69, 9.17) is 9.57 Å². The molecule has 1 aliphatic rings. The molecule has 2 rings (SSSR count). The van der Waals surface area contributed by atoms with E-state index in [0.29, 0.717) is 19.1 Å². The number of esters is 1. The van der Waals surface area contributed by atoms with Crippen LogP contribution in [0.2, 0.25) is 0 Å². The maximum absolute atomic E-state index is 11.6. The summed E-state index contributed by atoms with van der Waals surface area (Å²) in [6.07, 6.45) is 3.50. The quantitative estimate of drug-likeness (QED) is 0.495. The lowest BCUT2D eigenvalue weighted by Gasteiger charge is -2.26. The van der Waals surface area contributed by atoms with Crippen LogP contribution in [-0.4, -0.2) is 31.4 Å². The molecule has 0 aromatic heterocycles. The molecule has 1 aliphatic heterocycles. The van der Waals surface area contributed by atoms with Crippen molar-refractivity contribution in [2.24, 2.45) is 11.1 Å². The fourth-order valence-electron chi connectivity index (χ4n) is 2.26. The summed E-state index contributed by atoms with van der Waals surface area (Å²) in [5.74, 6) is 0.139. The summed E-state index contributed by atoms with van der Waals surface area (Å²) in [7, 11) is 0. The van der Waals surface area contributed by atoms with E-state index in [1.54, 1.807) is 0 Å². The molecule has 0 saturated carbocycles. The number of hydrogen-bond donors (Lipinski definition) is 1. The van der Waals surface area contributed by atoms with Gasteiger partial charge in [-0.05, 0) is 25.3 Å². The van der Waals surface area contributed by atoms with Crippen molar-refractivity contribution in [1.82, 2.24) is 5.32 Å². The smallest absolute Gasteiger partial charge is 0.323 e. The molecule has 2 atom stereocenters. The third-order valence-electron chi connectivity index (χ3n) is 3.44. The SMILES string of the molecule is CCOC(=O)[C@H]1CCC(C=NOCc2ccccc2)CN1. The van der Waals surface area contributed by atoms with Gasteiger partial charge in [-0.25, -0.2) is 0 Å². The molecule has 114 valence electrons. The Morgan fingerprint density at radius 2 is 2.19 bits per heavy atom. The van der Waals surface area contributed by atoms with Gasteiger partial charge in [-0.15, -0.1) is 0 Å². The number of piperidine rings is 1. The first-order valence-electron chi connectivity index (χ1n) is 7.39. The zero-order valence-electron chi connectivity index (χ0n) is 12.3. The Morgan fingerprint density at radius 3 is 2.86 bits per heavy atom. The number of carbonyl (C=O) groups excluding carboxylic acids is 1. The highest BCUT2D eigenvalue weighted by Gasteiger charge is 2.25. The van der Waals surface area contributed by atoms with Crippen LogP contribution in [0.15, 0.2) is 35.5 Å². The summed E-state index contributed by atoms with van der Waals surface area (Å²) in [6.45, 7) is 3.44. The van der Waals surface area contributed by atoms with Gasteiger partial charge in [0, 0.05) is 18.7 Å². The predicted octanol–water partition coefficient (Wildman–Crippen LogP) is 2.12. The summed E-state index contributed by atoms with van der Waals surface area (Å²) in [5, 5.41) is 7.21. The number of hydrogen-bond acceptors (Lipinski definition) is 5. The normalized spacial score (nSPS) is 22.1. The predicted molar refractivity (Wildman–Crippen MR) is 80.9 cm³/mol. The minimum absolute atomic E-state index is 0.159. The Morgan fingerprint density at radius 1 is 1.38 bits per heavy atom. The van der Waals surface area contributed by atoms with Crippen LogP contribution >= 0.6 is 0 Å². The van der Waals surface area contributed by atoms with Crippen molar-refractivity contribution in [3.63, 3.8) is 0 Å². The van der Waals surface area contributed by atoms with Gasteiger partial charge in [-0.3, -0.25) is 4.79 Å². The third-order valence-corrected chi connectivity index (χ3v) is 3.44. The zero-order valence-corrected chi connectivity index (χ0v) is 12.3. The van der Waals surface area contributed by atoms with Gasteiger partial charge < -0.3 is 14.9 Å². The van der Waals surface area contributed by atoms with Gasteiger partial charge in [0.1, 0.15) is 12.6 Å². The first-order valence-corrected chi connectivity index (χ1v) is 7.39. The van der Waals surface area contributed by atoms with E-state index in [2.05, 4.69) is 10.5 Å². The van der Waals surface area contributed by atoms with Crippen LogP contribution in [0.4, 0.5) is 0 Å². The number of oxime groups is 1. The second-order valence-corrected chi connectivity index (χ2v) is 5.06. The second kappa shape index (κ2) is 8.42.